The second-order valence-electron chi connectivity index (χ2n) is 7.74. The molecule has 0 radical (unpaired) electrons. The Labute approximate surface area is 169 Å². The second-order valence-corrected chi connectivity index (χ2v) is 7.74. The molecule has 1 amide bonds. The highest BCUT2D eigenvalue weighted by Crippen LogP contribution is 2.32. The molecular formula is C23H25NO5. The van der Waals surface area contributed by atoms with Gasteiger partial charge in [0.1, 0.15) is 17.1 Å². The van der Waals surface area contributed by atoms with Gasteiger partial charge in [-0.1, -0.05) is 6.92 Å². The van der Waals surface area contributed by atoms with Gasteiger partial charge in [0.15, 0.2) is 6.61 Å². The van der Waals surface area contributed by atoms with Gasteiger partial charge in [-0.2, -0.15) is 0 Å². The molecule has 0 N–H and O–H groups in total. The molecule has 1 atom stereocenters. The summed E-state index contributed by atoms with van der Waals surface area (Å²) in [5.74, 6) is 1.66. The summed E-state index contributed by atoms with van der Waals surface area (Å²) in [6.07, 6.45) is 2.19. The Bertz CT molecular complexity index is 1130. The molecule has 0 bridgehead atoms. The molecule has 1 fully saturated rings. The van der Waals surface area contributed by atoms with Crippen LogP contribution in [0.2, 0.25) is 0 Å². The van der Waals surface area contributed by atoms with Crippen molar-refractivity contribution >= 4 is 27.6 Å². The Balaban J connectivity index is 1.63. The van der Waals surface area contributed by atoms with Crippen molar-refractivity contribution in [3.63, 3.8) is 0 Å². The lowest BCUT2D eigenvalue weighted by atomic mass is 10.0. The van der Waals surface area contributed by atoms with Crippen LogP contribution in [0, 0.1) is 12.8 Å². The number of benzene rings is 2. The van der Waals surface area contributed by atoms with Crippen molar-refractivity contribution in [2.45, 2.75) is 26.7 Å². The molecule has 1 aromatic heterocycles. The molecule has 2 heterocycles. The van der Waals surface area contributed by atoms with E-state index in [0.717, 1.165) is 36.7 Å². The fraction of sp³-hybridized carbons (Fsp3) is 0.391. The zero-order chi connectivity index (χ0) is 20.5. The number of carbonyl (C=O) groups is 1. The van der Waals surface area contributed by atoms with Crippen molar-refractivity contribution in [2.75, 3.05) is 26.8 Å². The van der Waals surface area contributed by atoms with E-state index in [1.807, 2.05) is 36.1 Å². The highest BCUT2D eigenvalue weighted by molar-refractivity contribution is 6.06. The van der Waals surface area contributed by atoms with E-state index in [0.29, 0.717) is 33.9 Å². The average Bonchev–Trinajstić information content (AvgIpc) is 2.73. The fourth-order valence-corrected chi connectivity index (χ4v) is 4.02. The van der Waals surface area contributed by atoms with Gasteiger partial charge in [0, 0.05) is 29.4 Å². The van der Waals surface area contributed by atoms with E-state index in [-0.39, 0.29) is 12.5 Å². The number of piperidine rings is 1. The van der Waals surface area contributed by atoms with E-state index in [2.05, 4.69) is 6.92 Å². The highest BCUT2D eigenvalue weighted by Gasteiger charge is 2.21. The normalized spacial score (nSPS) is 16.9. The molecule has 1 saturated heterocycles. The van der Waals surface area contributed by atoms with E-state index >= 15 is 0 Å². The van der Waals surface area contributed by atoms with Crippen LogP contribution in [-0.2, 0) is 4.79 Å². The maximum absolute atomic E-state index is 12.5. The molecule has 6 nitrogen and oxygen atoms in total. The molecule has 0 saturated carbocycles. The number of fused-ring (bicyclic) bond motifs is 3. The topological polar surface area (TPSA) is 69.0 Å². The van der Waals surface area contributed by atoms with E-state index < -0.39 is 5.63 Å². The summed E-state index contributed by atoms with van der Waals surface area (Å²) in [4.78, 5) is 26.9. The number of likely N-dealkylation sites (tertiary alicyclic amines) is 1. The van der Waals surface area contributed by atoms with E-state index in [9.17, 15) is 9.59 Å². The molecular weight excluding hydrogens is 370 g/mol. The van der Waals surface area contributed by atoms with Gasteiger partial charge in [-0.25, -0.2) is 4.79 Å². The predicted molar refractivity (Wildman–Crippen MR) is 112 cm³/mol. The minimum atomic E-state index is -0.426. The van der Waals surface area contributed by atoms with Gasteiger partial charge < -0.3 is 18.8 Å². The highest BCUT2D eigenvalue weighted by atomic mass is 16.5. The quantitative estimate of drug-likeness (QED) is 0.495. The molecule has 1 aliphatic heterocycles. The molecule has 29 heavy (non-hydrogen) atoms. The maximum Gasteiger partial charge on any atom is 0.344 e. The van der Waals surface area contributed by atoms with Crippen LogP contribution < -0.4 is 15.1 Å². The molecule has 4 rings (SSSR count). The van der Waals surface area contributed by atoms with E-state index in [1.54, 1.807) is 13.2 Å². The van der Waals surface area contributed by atoms with Crippen molar-refractivity contribution in [2.24, 2.45) is 5.92 Å². The van der Waals surface area contributed by atoms with Gasteiger partial charge in [-0.15, -0.1) is 0 Å². The third-order valence-corrected chi connectivity index (χ3v) is 5.65. The summed E-state index contributed by atoms with van der Waals surface area (Å²) < 4.78 is 16.6. The minimum absolute atomic E-state index is 0.0110. The number of hydrogen-bond donors (Lipinski definition) is 0. The summed E-state index contributed by atoms with van der Waals surface area (Å²) >= 11 is 0. The van der Waals surface area contributed by atoms with Gasteiger partial charge in [-0.05, 0) is 56.0 Å². The standard InChI is InChI=1S/C23H25NO5/c1-14-5-4-10-24(12-14)21(25)13-28-20-9-8-18-17-7-6-16(27-3)11-19(17)23(26)29-22(18)15(20)2/h6-9,11,14H,4-5,10,12-13H2,1-3H3/t14-/m0/s1. The molecule has 3 aromatic rings. The first-order valence-corrected chi connectivity index (χ1v) is 9.92. The molecule has 152 valence electrons. The number of hydrogen-bond acceptors (Lipinski definition) is 5. The number of carbonyl (C=O) groups excluding carboxylic acids is 1. The third-order valence-electron chi connectivity index (χ3n) is 5.65. The Kier molecular flexibility index (Phi) is 5.18. The van der Waals surface area contributed by atoms with Gasteiger partial charge in [0.05, 0.1) is 12.5 Å². The predicted octanol–water partition coefficient (Wildman–Crippen LogP) is 3.90. The largest absolute Gasteiger partial charge is 0.497 e. The zero-order valence-electron chi connectivity index (χ0n) is 17.0. The number of nitrogens with zero attached hydrogens (tertiary/aromatic N) is 1. The van der Waals surface area contributed by atoms with Crippen LogP contribution in [0.5, 0.6) is 11.5 Å². The van der Waals surface area contributed by atoms with Gasteiger partial charge in [0.2, 0.25) is 0 Å². The van der Waals surface area contributed by atoms with Crippen molar-refractivity contribution < 1.29 is 18.7 Å². The zero-order valence-corrected chi connectivity index (χ0v) is 17.0. The van der Waals surface area contributed by atoms with E-state index in [4.69, 9.17) is 13.9 Å². The Morgan fingerprint density at radius 3 is 2.76 bits per heavy atom. The van der Waals surface area contributed by atoms with Crippen LogP contribution in [0.1, 0.15) is 25.3 Å². The van der Waals surface area contributed by atoms with Gasteiger partial charge in [0.25, 0.3) is 5.91 Å². The van der Waals surface area contributed by atoms with Crippen LogP contribution >= 0.6 is 0 Å². The first-order chi connectivity index (χ1) is 14.0. The van der Waals surface area contributed by atoms with Crippen LogP contribution in [0.25, 0.3) is 21.7 Å². The summed E-state index contributed by atoms with van der Waals surface area (Å²) in [5.41, 5.74) is 0.756. The monoisotopic (exact) mass is 395 g/mol. The number of ether oxygens (including phenoxy) is 2. The summed E-state index contributed by atoms with van der Waals surface area (Å²) in [6.45, 7) is 5.55. The first-order valence-electron chi connectivity index (χ1n) is 9.92. The molecule has 0 aliphatic carbocycles. The second kappa shape index (κ2) is 7.78. The lowest BCUT2D eigenvalue weighted by Gasteiger charge is -2.30. The Morgan fingerprint density at radius 2 is 2.00 bits per heavy atom. The number of rotatable bonds is 4. The first kappa shape index (κ1) is 19.3. The average molecular weight is 395 g/mol. The van der Waals surface area contributed by atoms with Crippen LogP contribution in [0.4, 0.5) is 0 Å². The van der Waals surface area contributed by atoms with Crippen LogP contribution in [0.15, 0.2) is 39.5 Å². The number of aryl methyl sites for hydroxylation is 1. The fourth-order valence-electron chi connectivity index (χ4n) is 4.02. The SMILES string of the molecule is COc1ccc2c(c1)c(=O)oc1c(C)c(OCC(=O)N3CCC[C@H](C)C3)ccc12. The molecule has 0 spiro atoms. The molecule has 0 unspecified atom stereocenters. The van der Waals surface area contributed by atoms with Crippen molar-refractivity contribution in [3.8, 4) is 11.5 Å². The maximum atomic E-state index is 12.5. The van der Waals surface area contributed by atoms with Crippen molar-refractivity contribution in [3.05, 3.63) is 46.3 Å². The van der Waals surface area contributed by atoms with Gasteiger partial charge in [-0.3, -0.25) is 4.79 Å². The summed E-state index contributed by atoms with van der Waals surface area (Å²) in [5, 5.41) is 2.09. The summed E-state index contributed by atoms with van der Waals surface area (Å²) in [6, 6.07) is 9.04. The van der Waals surface area contributed by atoms with Crippen LogP contribution in [-0.4, -0.2) is 37.6 Å². The number of amides is 1. The molecule has 2 aromatic carbocycles. The van der Waals surface area contributed by atoms with Crippen molar-refractivity contribution in [1.82, 2.24) is 4.90 Å². The lowest BCUT2D eigenvalue weighted by molar-refractivity contribution is -0.135. The molecule has 6 heteroatoms. The van der Waals surface area contributed by atoms with Crippen molar-refractivity contribution in [1.29, 1.82) is 0 Å². The van der Waals surface area contributed by atoms with Crippen LogP contribution in [0.3, 0.4) is 0 Å². The smallest absolute Gasteiger partial charge is 0.344 e. The molecule has 1 aliphatic rings. The third kappa shape index (κ3) is 3.67. The minimum Gasteiger partial charge on any atom is -0.497 e. The Morgan fingerprint density at radius 1 is 1.21 bits per heavy atom. The van der Waals surface area contributed by atoms with Gasteiger partial charge >= 0.3 is 5.63 Å². The van der Waals surface area contributed by atoms with E-state index in [1.165, 1.54) is 0 Å². The lowest BCUT2D eigenvalue weighted by Crippen LogP contribution is -2.41. The number of methoxy groups -OCH3 is 1. The summed E-state index contributed by atoms with van der Waals surface area (Å²) in [7, 11) is 1.56. The Hall–Kier alpha value is -3.02.